The van der Waals surface area contributed by atoms with E-state index in [1.807, 2.05) is 31.2 Å². The predicted molar refractivity (Wildman–Crippen MR) is 74.8 cm³/mol. The summed E-state index contributed by atoms with van der Waals surface area (Å²) in [6.07, 6.45) is -2.47. The van der Waals surface area contributed by atoms with Crippen molar-refractivity contribution < 1.29 is 13.2 Å². The molecule has 0 spiro atoms. The molecule has 0 saturated heterocycles. The number of alkyl halides is 3. The number of benzene rings is 1. The van der Waals surface area contributed by atoms with Crippen molar-refractivity contribution in [2.75, 3.05) is 0 Å². The maximum absolute atomic E-state index is 12.6. The van der Waals surface area contributed by atoms with E-state index in [1.54, 1.807) is 0 Å². The van der Waals surface area contributed by atoms with Crippen LogP contribution in [0, 0.1) is 5.92 Å². The topological polar surface area (TPSA) is 12.0 Å². The van der Waals surface area contributed by atoms with Crippen LogP contribution in [0.3, 0.4) is 0 Å². The molecule has 1 N–H and O–H groups in total. The highest BCUT2D eigenvalue weighted by Gasteiger charge is 2.41. The van der Waals surface area contributed by atoms with Crippen molar-refractivity contribution in [3.63, 3.8) is 0 Å². The first-order valence-electron chi connectivity index (χ1n) is 6.95. The first-order chi connectivity index (χ1) is 9.38. The second kappa shape index (κ2) is 6.35. The third-order valence-corrected chi connectivity index (χ3v) is 4.39. The van der Waals surface area contributed by atoms with E-state index in [0.29, 0.717) is 17.9 Å². The smallest absolute Gasteiger partial charge is 0.307 e. The molecule has 112 valence electrons. The maximum Gasteiger partial charge on any atom is 0.391 e. The van der Waals surface area contributed by atoms with E-state index in [4.69, 9.17) is 11.6 Å². The van der Waals surface area contributed by atoms with Crippen LogP contribution in [0.1, 0.15) is 44.2 Å². The van der Waals surface area contributed by atoms with Crippen LogP contribution in [0.15, 0.2) is 24.3 Å². The second-order valence-electron chi connectivity index (χ2n) is 5.50. The Morgan fingerprint density at radius 3 is 2.30 bits per heavy atom. The Kier molecular flexibility index (Phi) is 4.97. The van der Waals surface area contributed by atoms with Gasteiger partial charge in [-0.25, -0.2) is 0 Å². The zero-order valence-electron chi connectivity index (χ0n) is 11.4. The summed E-state index contributed by atoms with van der Waals surface area (Å²) in [6.45, 7) is 2.00. The molecule has 0 aromatic heterocycles. The second-order valence-corrected chi connectivity index (χ2v) is 5.91. The number of rotatable bonds is 3. The van der Waals surface area contributed by atoms with Crippen LogP contribution in [0.5, 0.6) is 0 Å². The highest BCUT2D eigenvalue weighted by Crippen LogP contribution is 2.38. The average molecular weight is 306 g/mol. The van der Waals surface area contributed by atoms with E-state index in [0.717, 1.165) is 5.56 Å². The lowest BCUT2D eigenvalue weighted by Crippen LogP contribution is -2.38. The van der Waals surface area contributed by atoms with E-state index in [9.17, 15) is 13.2 Å². The number of halogens is 4. The Hall–Kier alpha value is -0.740. The number of hydrogen-bond acceptors (Lipinski definition) is 1. The Bertz CT molecular complexity index is 439. The van der Waals surface area contributed by atoms with Gasteiger partial charge in [-0.05, 0) is 44.2 Å². The largest absolute Gasteiger partial charge is 0.391 e. The van der Waals surface area contributed by atoms with Crippen LogP contribution in [0.25, 0.3) is 0 Å². The van der Waals surface area contributed by atoms with Crippen LogP contribution in [-0.4, -0.2) is 12.2 Å². The van der Waals surface area contributed by atoms with Crippen molar-refractivity contribution in [2.24, 2.45) is 5.92 Å². The van der Waals surface area contributed by atoms with E-state index in [1.165, 1.54) is 0 Å². The van der Waals surface area contributed by atoms with E-state index in [2.05, 4.69) is 5.32 Å². The molecule has 1 aliphatic carbocycles. The molecule has 0 heterocycles. The Balaban J connectivity index is 1.88. The normalized spacial score (nSPS) is 25.4. The molecule has 1 nitrogen and oxygen atoms in total. The van der Waals surface area contributed by atoms with Gasteiger partial charge in [0.25, 0.3) is 0 Å². The van der Waals surface area contributed by atoms with Crippen LogP contribution < -0.4 is 5.32 Å². The van der Waals surface area contributed by atoms with E-state index < -0.39 is 12.1 Å². The molecule has 0 unspecified atom stereocenters. The summed E-state index contributed by atoms with van der Waals surface area (Å²) in [5.41, 5.74) is 0.993. The lowest BCUT2D eigenvalue weighted by molar-refractivity contribution is -0.182. The zero-order chi connectivity index (χ0) is 14.8. The van der Waals surface area contributed by atoms with E-state index in [-0.39, 0.29) is 24.9 Å². The minimum absolute atomic E-state index is 0.0520. The fourth-order valence-electron chi connectivity index (χ4n) is 2.86. The van der Waals surface area contributed by atoms with Crippen molar-refractivity contribution in [3.8, 4) is 0 Å². The van der Waals surface area contributed by atoms with Gasteiger partial charge in [0, 0.05) is 17.1 Å². The van der Waals surface area contributed by atoms with Crippen LogP contribution >= 0.6 is 11.6 Å². The third-order valence-electron chi connectivity index (χ3n) is 4.05. The van der Waals surface area contributed by atoms with Crippen molar-refractivity contribution >= 4 is 11.6 Å². The molecule has 2 rings (SSSR count). The Labute approximate surface area is 122 Å². The first-order valence-corrected chi connectivity index (χ1v) is 7.33. The standard InChI is InChI=1S/C15H19ClF3N/c1-10(13-4-2-3-5-14(13)16)20-12-8-6-11(7-9-12)15(17,18)19/h2-5,10-12,20H,6-9H2,1H3/t10-,11?,12?/m1/s1. The molecular weight excluding hydrogens is 287 g/mol. The van der Waals surface area contributed by atoms with Gasteiger partial charge < -0.3 is 5.32 Å². The molecular formula is C15H19ClF3N. The highest BCUT2D eigenvalue weighted by molar-refractivity contribution is 6.31. The quantitative estimate of drug-likeness (QED) is 0.818. The lowest BCUT2D eigenvalue weighted by Gasteiger charge is -2.32. The molecule has 20 heavy (non-hydrogen) atoms. The molecule has 1 aromatic carbocycles. The van der Waals surface area contributed by atoms with Gasteiger partial charge in [-0.2, -0.15) is 13.2 Å². The Morgan fingerprint density at radius 1 is 1.15 bits per heavy atom. The fourth-order valence-corrected chi connectivity index (χ4v) is 3.16. The predicted octanol–water partition coefficient (Wildman–Crippen LogP) is 5.11. The minimum atomic E-state index is -4.04. The van der Waals surface area contributed by atoms with Gasteiger partial charge in [0.1, 0.15) is 0 Å². The van der Waals surface area contributed by atoms with Gasteiger partial charge in [0.2, 0.25) is 0 Å². The van der Waals surface area contributed by atoms with Crippen LogP contribution in [0.2, 0.25) is 5.02 Å². The van der Waals surface area contributed by atoms with Gasteiger partial charge >= 0.3 is 6.18 Å². The number of hydrogen-bond donors (Lipinski definition) is 1. The summed E-state index contributed by atoms with van der Waals surface area (Å²) >= 11 is 6.13. The summed E-state index contributed by atoms with van der Waals surface area (Å²) in [5.74, 6) is -1.13. The van der Waals surface area contributed by atoms with Gasteiger partial charge in [-0.15, -0.1) is 0 Å². The van der Waals surface area contributed by atoms with Gasteiger partial charge in [-0.3, -0.25) is 0 Å². The summed E-state index contributed by atoms with van der Waals surface area (Å²) < 4.78 is 37.8. The van der Waals surface area contributed by atoms with Crippen molar-refractivity contribution in [3.05, 3.63) is 34.9 Å². The van der Waals surface area contributed by atoms with Crippen molar-refractivity contribution in [1.82, 2.24) is 5.32 Å². The molecule has 1 saturated carbocycles. The molecule has 1 aromatic rings. The third kappa shape index (κ3) is 3.89. The molecule has 0 radical (unpaired) electrons. The highest BCUT2D eigenvalue weighted by atomic mass is 35.5. The molecule has 1 atom stereocenters. The van der Waals surface area contributed by atoms with Crippen molar-refractivity contribution in [1.29, 1.82) is 0 Å². The molecule has 1 aliphatic rings. The van der Waals surface area contributed by atoms with Gasteiger partial charge in [-0.1, -0.05) is 29.8 Å². The summed E-state index contributed by atoms with van der Waals surface area (Å²) in [4.78, 5) is 0. The van der Waals surface area contributed by atoms with Gasteiger partial charge in [0.05, 0.1) is 5.92 Å². The number of nitrogens with one attached hydrogen (secondary N) is 1. The molecule has 5 heteroatoms. The van der Waals surface area contributed by atoms with E-state index >= 15 is 0 Å². The lowest BCUT2D eigenvalue weighted by atomic mass is 9.85. The monoisotopic (exact) mass is 305 g/mol. The molecule has 0 bridgehead atoms. The SMILES string of the molecule is C[C@@H](NC1CCC(C(F)(F)F)CC1)c1ccccc1Cl. The van der Waals surface area contributed by atoms with Crippen LogP contribution in [0.4, 0.5) is 13.2 Å². The van der Waals surface area contributed by atoms with Crippen LogP contribution in [-0.2, 0) is 0 Å². The fraction of sp³-hybridized carbons (Fsp3) is 0.600. The Morgan fingerprint density at radius 2 is 1.75 bits per heavy atom. The molecule has 0 amide bonds. The summed E-state index contributed by atoms with van der Waals surface area (Å²) in [5, 5.41) is 4.09. The minimum Gasteiger partial charge on any atom is -0.307 e. The summed E-state index contributed by atoms with van der Waals surface area (Å²) in [7, 11) is 0. The zero-order valence-corrected chi connectivity index (χ0v) is 12.1. The maximum atomic E-state index is 12.6. The van der Waals surface area contributed by atoms with Crippen molar-refractivity contribution in [2.45, 2.75) is 50.9 Å². The average Bonchev–Trinajstić information content (AvgIpc) is 2.38. The summed E-state index contributed by atoms with van der Waals surface area (Å²) in [6, 6.07) is 7.75. The van der Waals surface area contributed by atoms with Gasteiger partial charge in [0.15, 0.2) is 0 Å². The first kappa shape index (κ1) is 15.6. The molecule has 1 fully saturated rings. The molecule has 0 aliphatic heterocycles.